The molecule has 3 N–H and O–H groups in total. The monoisotopic (exact) mass is 371 g/mol. The molecule has 0 saturated carbocycles. The number of rotatable bonds is 4. The summed E-state index contributed by atoms with van der Waals surface area (Å²) in [6.45, 7) is 5.32. The van der Waals surface area contributed by atoms with Gasteiger partial charge in [0.25, 0.3) is 0 Å². The number of H-pyrrole nitrogens is 1. The molecule has 0 radical (unpaired) electrons. The summed E-state index contributed by atoms with van der Waals surface area (Å²) in [6.07, 6.45) is 4.38. The Bertz CT molecular complexity index is 1090. The van der Waals surface area contributed by atoms with Crippen LogP contribution in [0.15, 0.2) is 48.7 Å². The summed E-state index contributed by atoms with van der Waals surface area (Å²) in [5, 5.41) is 8.38. The first-order valence-corrected chi connectivity index (χ1v) is 10.1. The van der Waals surface area contributed by atoms with Crippen molar-refractivity contribution in [1.82, 2.24) is 20.3 Å². The molecule has 5 rings (SSSR count). The number of hydrogen-bond donors (Lipinski definition) is 3. The minimum absolute atomic E-state index is 0.692. The second-order valence-electron chi connectivity index (χ2n) is 7.74. The van der Waals surface area contributed by atoms with Gasteiger partial charge in [0.15, 0.2) is 0 Å². The fourth-order valence-corrected chi connectivity index (χ4v) is 4.09. The van der Waals surface area contributed by atoms with Gasteiger partial charge in [-0.05, 0) is 63.0 Å². The normalized spacial score (nSPS) is 15.3. The van der Waals surface area contributed by atoms with E-state index in [1.165, 1.54) is 18.4 Å². The maximum Gasteiger partial charge on any atom is 0.142 e. The second-order valence-corrected chi connectivity index (χ2v) is 7.74. The van der Waals surface area contributed by atoms with Crippen molar-refractivity contribution in [2.24, 2.45) is 5.92 Å². The van der Waals surface area contributed by atoms with Crippen molar-refractivity contribution < 1.29 is 0 Å². The van der Waals surface area contributed by atoms with Crippen LogP contribution in [0, 0.1) is 12.8 Å². The molecule has 1 saturated heterocycles. The van der Waals surface area contributed by atoms with Crippen molar-refractivity contribution >= 4 is 27.6 Å². The smallest absolute Gasteiger partial charge is 0.142 e. The largest absolute Gasteiger partial charge is 0.384 e. The van der Waals surface area contributed by atoms with Crippen LogP contribution >= 0.6 is 0 Å². The topological polar surface area (TPSA) is 65.6 Å². The van der Waals surface area contributed by atoms with E-state index in [2.05, 4.69) is 46.8 Å². The minimum atomic E-state index is 0.692. The molecule has 0 aliphatic carbocycles. The number of pyridine rings is 1. The molecule has 2 aromatic heterocycles. The number of fused-ring (bicyclic) bond motifs is 2. The molecule has 0 amide bonds. The Morgan fingerprint density at radius 2 is 1.93 bits per heavy atom. The standard InChI is InChI=1S/C23H25N5/c1-15-6-7-19-17(12-15)22(26-13-16-8-10-24-11-9-16)18(14-25-19)23-27-20-4-2-3-5-21(20)28-23/h2-7,12,14,16,24H,8-11,13H2,1H3,(H,25,26)(H,27,28). The number of anilines is 1. The lowest BCUT2D eigenvalue weighted by Gasteiger charge is -2.24. The Morgan fingerprint density at radius 3 is 2.79 bits per heavy atom. The van der Waals surface area contributed by atoms with Crippen LogP contribution in [0.2, 0.25) is 0 Å². The number of aryl methyl sites for hydroxylation is 1. The van der Waals surface area contributed by atoms with Gasteiger partial charge in [0.05, 0.1) is 27.8 Å². The molecular weight excluding hydrogens is 346 g/mol. The molecule has 0 atom stereocenters. The van der Waals surface area contributed by atoms with Gasteiger partial charge in [-0.15, -0.1) is 0 Å². The third-order valence-electron chi connectivity index (χ3n) is 5.69. The summed E-state index contributed by atoms with van der Waals surface area (Å²) in [6, 6.07) is 14.6. The van der Waals surface area contributed by atoms with Crippen LogP contribution in [0.4, 0.5) is 5.69 Å². The molecule has 1 aliphatic heterocycles. The zero-order chi connectivity index (χ0) is 18.9. The maximum absolute atomic E-state index is 4.82. The van der Waals surface area contributed by atoms with Crippen LogP contribution in [0.1, 0.15) is 18.4 Å². The van der Waals surface area contributed by atoms with E-state index in [-0.39, 0.29) is 0 Å². The van der Waals surface area contributed by atoms with Crippen molar-refractivity contribution in [3.05, 3.63) is 54.2 Å². The molecular formula is C23H25N5. The van der Waals surface area contributed by atoms with Crippen LogP contribution < -0.4 is 10.6 Å². The predicted molar refractivity (Wildman–Crippen MR) is 116 cm³/mol. The van der Waals surface area contributed by atoms with Gasteiger partial charge >= 0.3 is 0 Å². The van der Waals surface area contributed by atoms with Crippen molar-refractivity contribution in [2.45, 2.75) is 19.8 Å². The molecule has 5 heteroatoms. The Hall–Kier alpha value is -2.92. The van der Waals surface area contributed by atoms with Crippen molar-refractivity contribution in [2.75, 3.05) is 25.0 Å². The van der Waals surface area contributed by atoms with Gasteiger partial charge < -0.3 is 15.6 Å². The Labute approximate surface area is 164 Å². The molecule has 2 aromatic carbocycles. The summed E-state index contributed by atoms with van der Waals surface area (Å²) in [5.74, 6) is 1.56. The average molecular weight is 371 g/mol. The predicted octanol–water partition coefficient (Wildman–Crippen LogP) is 4.50. The van der Waals surface area contributed by atoms with Crippen molar-refractivity contribution in [1.29, 1.82) is 0 Å². The summed E-state index contributed by atoms with van der Waals surface area (Å²) in [5.41, 5.74) is 6.44. The SMILES string of the molecule is Cc1ccc2ncc(-c3nc4ccccc4[nH]3)c(NCC3CCNCC3)c2c1. The van der Waals surface area contributed by atoms with E-state index < -0.39 is 0 Å². The third-order valence-corrected chi connectivity index (χ3v) is 5.69. The maximum atomic E-state index is 4.82. The fraction of sp³-hybridized carbons (Fsp3) is 0.304. The van der Waals surface area contributed by atoms with E-state index in [0.29, 0.717) is 5.92 Å². The molecule has 5 nitrogen and oxygen atoms in total. The van der Waals surface area contributed by atoms with Gasteiger partial charge in [0.1, 0.15) is 5.82 Å². The Kier molecular flexibility index (Phi) is 4.45. The van der Waals surface area contributed by atoms with Gasteiger partial charge in [-0.2, -0.15) is 0 Å². The van der Waals surface area contributed by atoms with Crippen LogP contribution in [0.25, 0.3) is 33.3 Å². The van der Waals surface area contributed by atoms with E-state index in [1.807, 2.05) is 24.4 Å². The molecule has 1 aliphatic rings. The first-order chi connectivity index (χ1) is 13.8. The summed E-state index contributed by atoms with van der Waals surface area (Å²) in [4.78, 5) is 13.0. The first-order valence-electron chi connectivity index (χ1n) is 10.1. The highest BCUT2D eigenvalue weighted by molar-refractivity contribution is 5.99. The molecule has 28 heavy (non-hydrogen) atoms. The van der Waals surface area contributed by atoms with Crippen molar-refractivity contribution in [3.63, 3.8) is 0 Å². The zero-order valence-electron chi connectivity index (χ0n) is 16.1. The van der Waals surface area contributed by atoms with Gasteiger partial charge in [-0.25, -0.2) is 4.98 Å². The number of benzene rings is 2. The second kappa shape index (κ2) is 7.24. The highest BCUT2D eigenvalue weighted by atomic mass is 15.0. The minimum Gasteiger partial charge on any atom is -0.384 e. The number of para-hydroxylation sites is 2. The van der Waals surface area contributed by atoms with Gasteiger partial charge in [-0.3, -0.25) is 4.98 Å². The number of nitrogens with zero attached hydrogens (tertiary/aromatic N) is 2. The van der Waals surface area contributed by atoms with Crippen LogP contribution in [-0.2, 0) is 0 Å². The quantitative estimate of drug-likeness (QED) is 0.494. The lowest BCUT2D eigenvalue weighted by atomic mass is 9.97. The number of imidazole rings is 1. The van der Waals surface area contributed by atoms with E-state index in [4.69, 9.17) is 9.97 Å². The highest BCUT2D eigenvalue weighted by Crippen LogP contribution is 2.34. The molecule has 4 aromatic rings. The number of aromatic amines is 1. The van der Waals surface area contributed by atoms with E-state index >= 15 is 0 Å². The van der Waals surface area contributed by atoms with E-state index in [9.17, 15) is 0 Å². The van der Waals surface area contributed by atoms with Crippen LogP contribution in [-0.4, -0.2) is 34.6 Å². The Morgan fingerprint density at radius 1 is 1.07 bits per heavy atom. The molecule has 3 heterocycles. The molecule has 0 unspecified atom stereocenters. The number of nitrogens with one attached hydrogen (secondary N) is 3. The van der Waals surface area contributed by atoms with Gasteiger partial charge in [0, 0.05) is 18.1 Å². The van der Waals surface area contributed by atoms with Gasteiger partial charge in [-0.1, -0.05) is 23.8 Å². The highest BCUT2D eigenvalue weighted by Gasteiger charge is 2.17. The molecule has 1 fully saturated rings. The zero-order valence-corrected chi connectivity index (χ0v) is 16.1. The summed E-state index contributed by atoms with van der Waals surface area (Å²) < 4.78 is 0. The lowest BCUT2D eigenvalue weighted by molar-refractivity contribution is 0.390. The molecule has 0 spiro atoms. The molecule has 0 bridgehead atoms. The van der Waals surface area contributed by atoms with Gasteiger partial charge in [0.2, 0.25) is 0 Å². The average Bonchev–Trinajstić information content (AvgIpc) is 3.16. The number of aromatic nitrogens is 3. The molecule has 142 valence electrons. The first kappa shape index (κ1) is 17.2. The third kappa shape index (κ3) is 3.22. The lowest BCUT2D eigenvalue weighted by Crippen LogP contribution is -2.31. The van der Waals surface area contributed by atoms with Crippen molar-refractivity contribution in [3.8, 4) is 11.4 Å². The van der Waals surface area contributed by atoms with Crippen LogP contribution in [0.3, 0.4) is 0 Å². The van der Waals surface area contributed by atoms with E-state index in [0.717, 1.165) is 58.6 Å². The van der Waals surface area contributed by atoms with Crippen LogP contribution in [0.5, 0.6) is 0 Å². The summed E-state index contributed by atoms with van der Waals surface area (Å²) in [7, 11) is 0. The number of hydrogen-bond acceptors (Lipinski definition) is 4. The summed E-state index contributed by atoms with van der Waals surface area (Å²) >= 11 is 0. The van der Waals surface area contributed by atoms with E-state index in [1.54, 1.807) is 0 Å². The fourth-order valence-electron chi connectivity index (χ4n) is 4.09. The number of piperidine rings is 1. The Balaban J connectivity index is 1.60.